The summed E-state index contributed by atoms with van der Waals surface area (Å²) < 4.78 is 5.83. The van der Waals surface area contributed by atoms with E-state index in [1.165, 1.54) is 44.3 Å². The molecule has 0 aromatic heterocycles. The summed E-state index contributed by atoms with van der Waals surface area (Å²) in [6, 6.07) is 8.39. The third-order valence-electron chi connectivity index (χ3n) is 4.45. The molecule has 1 N–H and O–H groups in total. The number of halogens is 1. The van der Waals surface area contributed by atoms with Crippen LogP contribution in [0.1, 0.15) is 50.5 Å². The van der Waals surface area contributed by atoms with E-state index in [2.05, 4.69) is 28.4 Å². The number of likely N-dealkylation sites (tertiary alicyclic amines) is 1. The van der Waals surface area contributed by atoms with Crippen molar-refractivity contribution in [2.45, 2.75) is 51.5 Å². The van der Waals surface area contributed by atoms with E-state index >= 15 is 0 Å². The van der Waals surface area contributed by atoms with Crippen molar-refractivity contribution in [3.05, 3.63) is 29.8 Å². The lowest BCUT2D eigenvalue weighted by Crippen LogP contribution is -2.25. The molecule has 5 heteroatoms. The molecule has 0 aliphatic carbocycles. The highest BCUT2D eigenvalue weighted by atomic mass is 35.5. The first-order valence-corrected chi connectivity index (χ1v) is 10.1. The molecule has 1 aromatic rings. The maximum absolute atomic E-state index is 11.5. The number of carbonyl (C=O) groups excluding carboxylic acids is 1. The number of nitrogens with one attached hydrogen (secondary N) is 1. The second-order valence-electron chi connectivity index (χ2n) is 6.68. The Morgan fingerprint density at radius 1 is 1.16 bits per heavy atom. The van der Waals surface area contributed by atoms with Crippen molar-refractivity contribution < 1.29 is 9.53 Å². The van der Waals surface area contributed by atoms with Gasteiger partial charge in [0.25, 0.3) is 0 Å². The number of alkyl halides is 1. The van der Waals surface area contributed by atoms with Crippen LogP contribution in [0.3, 0.4) is 0 Å². The van der Waals surface area contributed by atoms with Crippen molar-refractivity contribution >= 4 is 17.5 Å². The van der Waals surface area contributed by atoms with Crippen molar-refractivity contribution in [2.75, 3.05) is 32.1 Å². The molecule has 1 heterocycles. The molecule has 1 aromatic carbocycles. The number of nitrogens with zero attached hydrogens (tertiary/aromatic N) is 1. The van der Waals surface area contributed by atoms with Crippen LogP contribution in [-0.4, -0.2) is 42.9 Å². The zero-order valence-corrected chi connectivity index (χ0v) is 15.9. The molecule has 1 amide bonds. The summed E-state index contributed by atoms with van der Waals surface area (Å²) >= 11 is 5.58. The Kier molecular flexibility index (Phi) is 9.75. The predicted molar refractivity (Wildman–Crippen MR) is 103 cm³/mol. The van der Waals surface area contributed by atoms with Crippen molar-refractivity contribution in [3.63, 3.8) is 0 Å². The van der Waals surface area contributed by atoms with Crippen LogP contribution in [-0.2, 0) is 11.3 Å². The quantitative estimate of drug-likeness (QED) is 0.503. The SMILES string of the molecule is O=C(CCCCl)NCCCOc1cccc(CN2CCCCCC2)c1. The number of carbonyl (C=O) groups is 1. The second-order valence-corrected chi connectivity index (χ2v) is 7.06. The van der Waals surface area contributed by atoms with Crippen LogP contribution in [0, 0.1) is 0 Å². The highest BCUT2D eigenvalue weighted by molar-refractivity contribution is 6.17. The Morgan fingerprint density at radius 3 is 2.72 bits per heavy atom. The van der Waals surface area contributed by atoms with Gasteiger partial charge in [-0.05, 0) is 56.5 Å². The van der Waals surface area contributed by atoms with Gasteiger partial charge in [0.05, 0.1) is 6.61 Å². The molecule has 0 radical (unpaired) electrons. The van der Waals surface area contributed by atoms with Gasteiger partial charge in [0.1, 0.15) is 5.75 Å². The Balaban J connectivity index is 1.66. The van der Waals surface area contributed by atoms with Gasteiger partial charge in [0, 0.05) is 25.4 Å². The smallest absolute Gasteiger partial charge is 0.220 e. The molecule has 140 valence electrons. The van der Waals surface area contributed by atoms with E-state index in [1.54, 1.807) is 0 Å². The van der Waals surface area contributed by atoms with Crippen LogP contribution in [0.2, 0.25) is 0 Å². The fourth-order valence-corrected chi connectivity index (χ4v) is 3.23. The molecule has 0 spiro atoms. The molecule has 1 saturated heterocycles. The van der Waals surface area contributed by atoms with Crippen LogP contribution >= 0.6 is 11.6 Å². The summed E-state index contributed by atoms with van der Waals surface area (Å²) in [6.45, 7) is 4.67. The lowest BCUT2D eigenvalue weighted by atomic mass is 10.2. The number of rotatable bonds is 10. The zero-order valence-electron chi connectivity index (χ0n) is 15.1. The molecule has 4 nitrogen and oxygen atoms in total. The molecule has 25 heavy (non-hydrogen) atoms. The summed E-state index contributed by atoms with van der Waals surface area (Å²) in [4.78, 5) is 14.0. The average Bonchev–Trinajstić information content (AvgIpc) is 2.88. The number of benzene rings is 1. The van der Waals surface area contributed by atoms with E-state index in [0.29, 0.717) is 25.5 Å². The van der Waals surface area contributed by atoms with Crippen LogP contribution in [0.15, 0.2) is 24.3 Å². The minimum Gasteiger partial charge on any atom is -0.494 e. The van der Waals surface area contributed by atoms with Crippen LogP contribution in [0.5, 0.6) is 5.75 Å². The molecule has 0 bridgehead atoms. The highest BCUT2D eigenvalue weighted by Gasteiger charge is 2.09. The number of ether oxygens (including phenoxy) is 1. The molecule has 1 fully saturated rings. The van der Waals surface area contributed by atoms with Gasteiger partial charge in [0.2, 0.25) is 5.91 Å². The second kappa shape index (κ2) is 12.2. The fourth-order valence-electron chi connectivity index (χ4n) is 3.09. The summed E-state index contributed by atoms with van der Waals surface area (Å²) in [7, 11) is 0. The van der Waals surface area contributed by atoms with Crippen molar-refractivity contribution in [3.8, 4) is 5.75 Å². The van der Waals surface area contributed by atoms with Gasteiger partial charge in [-0.2, -0.15) is 0 Å². The van der Waals surface area contributed by atoms with Gasteiger partial charge in [-0.15, -0.1) is 11.6 Å². The van der Waals surface area contributed by atoms with Gasteiger partial charge in [-0.25, -0.2) is 0 Å². The summed E-state index contributed by atoms with van der Waals surface area (Å²) in [6.07, 6.45) is 7.39. The van der Waals surface area contributed by atoms with E-state index in [0.717, 1.165) is 25.1 Å². The van der Waals surface area contributed by atoms with E-state index in [9.17, 15) is 4.79 Å². The van der Waals surface area contributed by atoms with E-state index < -0.39 is 0 Å². The standard InChI is InChI=1S/C20H31ClN2O2/c21-11-6-10-20(24)22-12-7-15-25-19-9-5-8-18(16-19)17-23-13-3-1-2-4-14-23/h5,8-9,16H,1-4,6-7,10-15,17H2,(H,22,24). The molecule has 0 saturated carbocycles. The Morgan fingerprint density at radius 2 is 1.96 bits per heavy atom. The average molecular weight is 367 g/mol. The first-order chi connectivity index (χ1) is 12.3. The lowest BCUT2D eigenvalue weighted by Gasteiger charge is -2.20. The maximum atomic E-state index is 11.5. The number of hydrogen-bond acceptors (Lipinski definition) is 3. The minimum atomic E-state index is 0.0695. The van der Waals surface area contributed by atoms with Crippen molar-refractivity contribution in [1.82, 2.24) is 10.2 Å². The monoisotopic (exact) mass is 366 g/mol. The van der Waals surface area contributed by atoms with Gasteiger partial charge in [-0.3, -0.25) is 9.69 Å². The van der Waals surface area contributed by atoms with Gasteiger partial charge in [-0.1, -0.05) is 25.0 Å². The number of amides is 1. The summed E-state index contributed by atoms with van der Waals surface area (Å²) in [5.41, 5.74) is 1.31. The fraction of sp³-hybridized carbons (Fsp3) is 0.650. The van der Waals surface area contributed by atoms with Crippen molar-refractivity contribution in [2.24, 2.45) is 0 Å². The largest absolute Gasteiger partial charge is 0.494 e. The van der Waals surface area contributed by atoms with Crippen LogP contribution in [0.25, 0.3) is 0 Å². The molecule has 1 aliphatic rings. The zero-order chi connectivity index (χ0) is 17.7. The Hall–Kier alpha value is -1.26. The van der Waals surface area contributed by atoms with Crippen LogP contribution < -0.4 is 10.1 Å². The maximum Gasteiger partial charge on any atom is 0.220 e. The molecule has 0 unspecified atom stereocenters. The molecular formula is C20H31ClN2O2. The molecule has 2 rings (SSSR count). The Labute approximate surface area is 156 Å². The third kappa shape index (κ3) is 8.59. The predicted octanol–water partition coefficient (Wildman–Crippen LogP) is 3.97. The minimum absolute atomic E-state index is 0.0695. The van der Waals surface area contributed by atoms with Gasteiger partial charge >= 0.3 is 0 Å². The normalized spacial score (nSPS) is 15.6. The van der Waals surface area contributed by atoms with Gasteiger partial charge in [0.15, 0.2) is 0 Å². The lowest BCUT2D eigenvalue weighted by molar-refractivity contribution is -0.121. The molecular weight excluding hydrogens is 336 g/mol. The van der Waals surface area contributed by atoms with Crippen molar-refractivity contribution in [1.29, 1.82) is 0 Å². The first kappa shape index (κ1) is 20.1. The van der Waals surface area contributed by atoms with Crippen LogP contribution in [0.4, 0.5) is 0 Å². The highest BCUT2D eigenvalue weighted by Crippen LogP contribution is 2.17. The van der Waals surface area contributed by atoms with E-state index in [-0.39, 0.29) is 5.91 Å². The summed E-state index contributed by atoms with van der Waals surface area (Å²) in [5.74, 6) is 1.52. The van der Waals surface area contributed by atoms with Gasteiger partial charge < -0.3 is 10.1 Å². The molecule has 0 atom stereocenters. The van der Waals surface area contributed by atoms with E-state index in [4.69, 9.17) is 16.3 Å². The summed E-state index contributed by atoms with van der Waals surface area (Å²) in [5, 5.41) is 2.89. The topological polar surface area (TPSA) is 41.6 Å². The third-order valence-corrected chi connectivity index (χ3v) is 4.72. The number of hydrogen-bond donors (Lipinski definition) is 1. The van der Waals surface area contributed by atoms with E-state index in [1.807, 2.05) is 6.07 Å². The Bertz CT molecular complexity index is 502. The molecule has 1 aliphatic heterocycles. The first-order valence-electron chi connectivity index (χ1n) is 9.54.